The summed E-state index contributed by atoms with van der Waals surface area (Å²) in [6, 6.07) is 0. The zero-order chi connectivity index (χ0) is 80.1. The number of carbonyl (C=O) groups is 5. The van der Waals surface area contributed by atoms with E-state index in [4.69, 9.17) is 23.7 Å². The molecule has 14 fully saturated rings. The second-order valence-corrected chi connectivity index (χ2v) is 36.4. The Hall–Kier alpha value is -3.70. The van der Waals surface area contributed by atoms with Crippen molar-refractivity contribution in [1.29, 1.82) is 0 Å². The van der Waals surface area contributed by atoms with Crippen molar-refractivity contribution in [3.05, 3.63) is 0 Å². The topological polar surface area (TPSA) is 132 Å². The van der Waals surface area contributed by atoms with Gasteiger partial charge in [-0.1, -0.05) is 75.2 Å². The Labute approximate surface area is 620 Å². The third-order valence-corrected chi connectivity index (χ3v) is 29.9. The summed E-state index contributed by atoms with van der Waals surface area (Å²) >= 11 is 0. The van der Waals surface area contributed by atoms with Crippen molar-refractivity contribution >= 4 is 29.8 Å². The number of carbonyl (C=O) groups excluding carboxylic acids is 5. The highest BCUT2D eigenvalue weighted by atomic mass is 19.4. The normalized spacial score (nSPS) is 35.2. The first-order valence-electron chi connectivity index (χ1n) is 40.2. The first kappa shape index (κ1) is 89.5. The lowest BCUT2D eigenvalue weighted by Crippen LogP contribution is -2.63. The molecule has 0 aromatic heterocycles. The van der Waals surface area contributed by atoms with E-state index in [9.17, 15) is 89.8 Å². The maximum Gasteiger partial charge on any atom is 0.404 e. The number of halogens is 15. The summed E-state index contributed by atoms with van der Waals surface area (Å²) in [5, 5.41) is 0. The van der Waals surface area contributed by atoms with Gasteiger partial charge in [0.05, 0.1) is 0 Å². The van der Waals surface area contributed by atoms with Crippen LogP contribution in [0.3, 0.4) is 0 Å². The van der Waals surface area contributed by atoms with Crippen molar-refractivity contribution < 1.29 is 114 Å². The first-order chi connectivity index (χ1) is 48.7. The Morgan fingerprint density at radius 3 is 0.849 bits per heavy atom. The number of hydrogen-bond donors (Lipinski definition) is 0. The van der Waals surface area contributed by atoms with Crippen LogP contribution >= 0.6 is 0 Å². The molecule has 25 heteroatoms. The summed E-state index contributed by atoms with van der Waals surface area (Å²) in [6.07, 6.45) is 1.18. The molecule has 0 aromatic carbocycles. The zero-order valence-corrected chi connectivity index (χ0v) is 65.9. The van der Waals surface area contributed by atoms with Gasteiger partial charge in [0, 0.05) is 0 Å². The minimum Gasteiger partial charge on any atom is -0.459 e. The van der Waals surface area contributed by atoms with Gasteiger partial charge in [0.2, 0.25) is 0 Å². The molecule has 12 bridgehead atoms. The quantitative estimate of drug-likeness (QED) is 0.0742. The Bertz CT molecular complexity index is 2910. The fourth-order valence-electron chi connectivity index (χ4n) is 21.2. The number of hydrogen-bond acceptors (Lipinski definition) is 10. The highest BCUT2D eigenvalue weighted by Gasteiger charge is 2.68. The predicted molar refractivity (Wildman–Crippen MR) is 370 cm³/mol. The fraction of sp³-hybridized carbons (Fsp3) is 0.938. The summed E-state index contributed by atoms with van der Waals surface area (Å²) in [7, 11) is 0. The van der Waals surface area contributed by atoms with Crippen LogP contribution in [-0.2, 0) is 47.7 Å². The molecule has 0 spiro atoms. The van der Waals surface area contributed by atoms with E-state index in [0.29, 0.717) is 74.0 Å². The van der Waals surface area contributed by atoms with Gasteiger partial charge in [-0.15, -0.1) is 0 Å². The molecule has 614 valence electrons. The van der Waals surface area contributed by atoms with Crippen LogP contribution in [0.4, 0.5) is 65.9 Å². The minimum absolute atomic E-state index is 0.0470. The molecule has 106 heavy (non-hydrogen) atoms. The summed E-state index contributed by atoms with van der Waals surface area (Å²) in [5.41, 5.74) is -15.5. The molecule has 14 aliphatic carbocycles. The largest absolute Gasteiger partial charge is 0.459 e. The molecule has 0 aliphatic heterocycles. The lowest BCUT2D eigenvalue weighted by molar-refractivity contribution is -0.263. The molecule has 5 unspecified atom stereocenters. The highest BCUT2D eigenvalue weighted by Crippen LogP contribution is 2.65. The SMILES string of the molecule is CCC(C)(C(=O)OC1(C(C)C)C2CC3CC(C2)CC1C3)C(F)(F)F.CCC(C)(C(=O)OC1(C)C2CC3CC(C2)CC1C3)C(F)(F)F.CCC(C)(C(=O)OC1(C)CCCCC1)C(F)(F)F.CCC1(OC(=O)C(C)(CC)C(F)(F)F)C2CC3CC(C2)CC1C3.CCC1(OC(=O)C(C)(CC)C(F)(F)F)CCCCC1. The maximum atomic E-state index is 13.5. The van der Waals surface area contributed by atoms with Gasteiger partial charge >= 0.3 is 60.7 Å². The van der Waals surface area contributed by atoms with Gasteiger partial charge in [-0.25, -0.2) is 0 Å². The molecule has 0 heterocycles. The second-order valence-electron chi connectivity index (χ2n) is 36.4. The Kier molecular flexibility index (Phi) is 27.4. The van der Waals surface area contributed by atoms with E-state index in [0.717, 1.165) is 150 Å². The van der Waals surface area contributed by atoms with Crippen LogP contribution in [-0.4, -0.2) is 88.7 Å². The maximum absolute atomic E-state index is 13.5. The van der Waals surface area contributed by atoms with Gasteiger partial charge in [0.15, 0.2) is 27.1 Å². The number of alkyl halides is 15. The predicted octanol–water partition coefficient (Wildman–Crippen LogP) is 24.0. The van der Waals surface area contributed by atoms with E-state index in [1.165, 1.54) is 53.9 Å². The van der Waals surface area contributed by atoms with Gasteiger partial charge in [-0.2, -0.15) is 65.9 Å². The first-order valence-corrected chi connectivity index (χ1v) is 40.2. The third kappa shape index (κ3) is 17.3. The van der Waals surface area contributed by atoms with Crippen molar-refractivity contribution in [3.63, 3.8) is 0 Å². The molecular weight excluding hydrogens is 1420 g/mol. The standard InChI is InChI=1S/C19H29F3O2.C18H27F3O2.C17H25F3O2.C14H23F3O2.C13H21F3O2/c1-5-17(4,19(20,21)22)16(23)24-18(11(2)3)14-7-12-6-13(9-14)10-15(18)8-12;1-4-16(3,18(19,20)21)15(22)23-17(5-2)13-7-11-6-12(9-13)10-14(17)8-11;1-4-15(2,17(18,19)20)14(21)22-16(3)12-6-10-5-11(8-12)9-13(16)7-10;1-4-12(3,14(15,16)17)11(18)19-13(5-2)9-7-6-8-10-13;1-4-12(3,13(14,15)16)10(17)18-11(2)8-6-5-7-9-11/h11-15H,5-10H2,1-4H3;11-14H,4-10H2,1-3H3;10-13H,4-9H2,1-3H3;4-10H2,1-3H3;4-9H2,1-3H3. The van der Waals surface area contributed by atoms with E-state index in [1.807, 2.05) is 34.6 Å². The van der Waals surface area contributed by atoms with Gasteiger partial charge in [-0.05, 0) is 318 Å². The second kappa shape index (κ2) is 32.4. The van der Waals surface area contributed by atoms with Gasteiger partial charge in [-0.3, -0.25) is 24.0 Å². The lowest BCUT2D eigenvalue weighted by atomic mass is 9.47. The van der Waals surface area contributed by atoms with Crippen LogP contribution in [0, 0.1) is 104 Å². The number of ether oxygens (including phenoxy) is 5. The molecule has 14 rings (SSSR count). The van der Waals surface area contributed by atoms with Crippen molar-refractivity contribution in [2.45, 2.75) is 375 Å². The van der Waals surface area contributed by atoms with Gasteiger partial charge in [0.25, 0.3) is 0 Å². The number of esters is 5. The molecule has 5 atom stereocenters. The molecule has 10 nitrogen and oxygen atoms in total. The minimum atomic E-state index is -4.58. The van der Waals surface area contributed by atoms with Crippen LogP contribution in [0.2, 0.25) is 0 Å². The monoisotopic (exact) mass is 1540 g/mol. The van der Waals surface area contributed by atoms with Crippen LogP contribution in [0.5, 0.6) is 0 Å². The highest BCUT2D eigenvalue weighted by molar-refractivity contribution is 5.80. The smallest absolute Gasteiger partial charge is 0.404 e. The molecule has 0 N–H and O–H groups in total. The van der Waals surface area contributed by atoms with Gasteiger partial charge < -0.3 is 23.7 Å². The summed E-state index contributed by atoms with van der Waals surface area (Å²) in [5.74, 6) is 0.122. The van der Waals surface area contributed by atoms with E-state index in [1.54, 1.807) is 6.92 Å². The van der Waals surface area contributed by atoms with Crippen molar-refractivity contribution in [1.82, 2.24) is 0 Å². The summed E-state index contributed by atoms with van der Waals surface area (Å²) < 4.78 is 226. The van der Waals surface area contributed by atoms with E-state index in [2.05, 4.69) is 0 Å². The molecular formula is C81H125F15O10. The van der Waals surface area contributed by atoms with Crippen LogP contribution in [0.25, 0.3) is 0 Å². The van der Waals surface area contributed by atoms with Crippen molar-refractivity contribution in [3.8, 4) is 0 Å². The number of rotatable bonds is 18. The Balaban J connectivity index is 0.000000186. The Morgan fingerprint density at radius 1 is 0.321 bits per heavy atom. The lowest BCUT2D eigenvalue weighted by Gasteiger charge is -2.62. The third-order valence-electron chi connectivity index (χ3n) is 29.9. The van der Waals surface area contributed by atoms with E-state index < -0.39 is 116 Å². The van der Waals surface area contributed by atoms with E-state index in [-0.39, 0.29) is 73.5 Å². The summed E-state index contributed by atoms with van der Waals surface area (Å²) in [6.45, 7) is 23.2. The summed E-state index contributed by atoms with van der Waals surface area (Å²) in [4.78, 5) is 61.6. The average Bonchev–Trinajstić information content (AvgIpc) is 0.723. The molecule has 14 saturated carbocycles. The van der Waals surface area contributed by atoms with Crippen molar-refractivity contribution in [2.24, 2.45) is 104 Å². The molecule has 0 radical (unpaired) electrons. The molecule has 0 saturated heterocycles. The van der Waals surface area contributed by atoms with Crippen LogP contribution in [0.1, 0.15) is 316 Å². The van der Waals surface area contributed by atoms with Crippen LogP contribution < -0.4 is 0 Å². The molecule has 14 aliphatic rings. The fourth-order valence-corrected chi connectivity index (χ4v) is 21.2. The van der Waals surface area contributed by atoms with E-state index >= 15 is 0 Å². The average molecular weight is 1540 g/mol. The zero-order valence-electron chi connectivity index (χ0n) is 65.9. The van der Waals surface area contributed by atoms with Crippen LogP contribution in [0.15, 0.2) is 0 Å². The van der Waals surface area contributed by atoms with Crippen molar-refractivity contribution in [2.75, 3.05) is 0 Å². The van der Waals surface area contributed by atoms with Gasteiger partial charge in [0.1, 0.15) is 28.0 Å². The molecule has 0 amide bonds. The molecule has 0 aromatic rings. The Morgan fingerprint density at radius 2 is 0.575 bits per heavy atom.